The zero-order chi connectivity index (χ0) is 23.4. The van der Waals surface area contributed by atoms with Gasteiger partial charge in [-0.05, 0) is 0 Å². The van der Waals surface area contributed by atoms with Gasteiger partial charge in [0, 0.05) is 73.2 Å². The molecule has 0 aliphatic carbocycles. The van der Waals surface area contributed by atoms with Crippen molar-refractivity contribution in [3.05, 3.63) is 0 Å². The second-order valence-corrected chi connectivity index (χ2v) is 0.447. The maximum atomic E-state index is 7.32. The van der Waals surface area contributed by atoms with E-state index >= 15 is 0 Å². The Balaban J connectivity index is -0.00000000571. The van der Waals surface area contributed by atoms with Gasteiger partial charge in [0.15, 0.2) is 0 Å². The minimum Gasteiger partial charge on any atom is -0.199 e. The van der Waals surface area contributed by atoms with E-state index in [0.29, 0.717) is 0 Å². The van der Waals surface area contributed by atoms with E-state index < -0.39 is 0 Å². The summed E-state index contributed by atoms with van der Waals surface area (Å²) in [5.74, 6) is 0. The van der Waals surface area contributed by atoms with Crippen molar-refractivity contribution >= 4 is 0 Å². The average Bonchev–Trinajstić information content (AvgIpc) is 2.76. The molecule has 0 aromatic heterocycles. The van der Waals surface area contributed by atoms with Crippen molar-refractivity contribution in [1.29, 1.82) is 10.5 Å². The zero-order valence-corrected chi connectivity index (χ0v) is 30.6. The van der Waals surface area contributed by atoms with Crippen molar-refractivity contribution in [3.63, 3.8) is 0 Å². The van der Waals surface area contributed by atoms with Gasteiger partial charge in [-0.2, -0.15) is 10.5 Å². The van der Waals surface area contributed by atoms with Gasteiger partial charge in [0.05, 0.1) is 12.1 Å². The fourth-order valence-corrected chi connectivity index (χ4v) is 0. The van der Waals surface area contributed by atoms with E-state index in [1.807, 2.05) is 125 Å². The number of nitriles is 2. The summed E-state index contributed by atoms with van der Waals surface area (Å²) in [6.45, 7) is 38.9. The summed E-state index contributed by atoms with van der Waals surface area (Å²) in [6, 6.07) is 3.50. The van der Waals surface area contributed by atoms with Gasteiger partial charge in [-0.3, -0.25) is 0 Å². The monoisotopic (exact) mass is 928 g/mol. The van der Waals surface area contributed by atoms with Crippen LogP contribution in [0.25, 0.3) is 0 Å². The summed E-state index contributed by atoms with van der Waals surface area (Å²) < 4.78 is 0. The van der Waals surface area contributed by atoms with Crippen LogP contribution in [0.3, 0.4) is 0 Å². The summed E-state index contributed by atoms with van der Waals surface area (Å²) in [4.78, 5) is 0. The van der Waals surface area contributed by atoms with Gasteiger partial charge in [-0.1, -0.05) is 125 Å². The SMILES string of the molecule is CC.CC.CC.CC.CC.CC.CC.CC.CC.CC#N.CC#N.[Os].[Os].[Os]. The van der Waals surface area contributed by atoms with Crippen LogP contribution in [0.1, 0.15) is 138 Å². The van der Waals surface area contributed by atoms with Gasteiger partial charge in [0.25, 0.3) is 0 Å². The molecule has 0 N–H and O–H groups in total. The van der Waals surface area contributed by atoms with Crippen molar-refractivity contribution in [2.45, 2.75) is 138 Å². The summed E-state index contributed by atoms with van der Waals surface area (Å²) >= 11 is 0. The normalized spacial score (nSPS) is 2.59. The van der Waals surface area contributed by atoms with Gasteiger partial charge >= 0.3 is 0 Å². The maximum absolute atomic E-state index is 7.32. The molecule has 182 valence electrons. The Morgan fingerprint density at radius 3 is 0.296 bits per heavy atom. The Morgan fingerprint density at radius 1 is 0.296 bits per heavy atom. The van der Waals surface area contributed by atoms with Crippen LogP contribution in [0.15, 0.2) is 0 Å². The van der Waals surface area contributed by atoms with Gasteiger partial charge in [0.1, 0.15) is 0 Å². The molecule has 0 rings (SSSR count). The van der Waals surface area contributed by atoms with Gasteiger partial charge in [-0.25, -0.2) is 0 Å². The summed E-state index contributed by atoms with van der Waals surface area (Å²) in [5, 5.41) is 14.6. The molecule has 0 unspecified atom stereocenters. The molecule has 0 aromatic carbocycles. The minimum absolute atomic E-state index is 0. The molecule has 5 heteroatoms. The van der Waals surface area contributed by atoms with E-state index in [0.717, 1.165) is 0 Å². The third-order valence-electron chi connectivity index (χ3n) is 0. The fraction of sp³-hybridized carbons (Fsp3) is 0.909. The first kappa shape index (κ1) is 105. The van der Waals surface area contributed by atoms with Crippen LogP contribution in [-0.4, -0.2) is 0 Å². The molecule has 0 bridgehead atoms. The van der Waals surface area contributed by atoms with Gasteiger partial charge in [-0.15, -0.1) is 0 Å². The fourth-order valence-electron chi connectivity index (χ4n) is 0. The Bertz CT molecular complexity index is 78.5. The zero-order valence-electron chi connectivity index (χ0n) is 23.0. The molecule has 0 aliphatic rings. The van der Waals surface area contributed by atoms with Crippen LogP contribution in [0, 0.1) is 22.7 Å². The van der Waals surface area contributed by atoms with E-state index in [-0.39, 0.29) is 59.4 Å². The topological polar surface area (TPSA) is 47.6 Å². The number of hydrogen-bond acceptors (Lipinski definition) is 2. The van der Waals surface area contributed by atoms with Crippen molar-refractivity contribution in [2.75, 3.05) is 0 Å². The molecule has 0 spiro atoms. The van der Waals surface area contributed by atoms with Crippen LogP contribution in [0.2, 0.25) is 0 Å². The van der Waals surface area contributed by atoms with Crippen molar-refractivity contribution < 1.29 is 59.4 Å². The van der Waals surface area contributed by atoms with E-state index in [9.17, 15) is 0 Å². The Hall–Kier alpha value is 0.889. The summed E-state index contributed by atoms with van der Waals surface area (Å²) in [5.41, 5.74) is 0. The molecular weight excluding hydrogens is 863 g/mol. The van der Waals surface area contributed by atoms with Gasteiger partial charge in [0.2, 0.25) is 0 Å². The third-order valence-corrected chi connectivity index (χ3v) is 0. The Morgan fingerprint density at radius 2 is 0.296 bits per heavy atom. The number of nitrogens with zero attached hydrogens (tertiary/aromatic N) is 2. The molecule has 0 amide bonds. The van der Waals surface area contributed by atoms with Gasteiger partial charge < -0.3 is 0 Å². The third kappa shape index (κ3) is 21100. The average molecular weight is 923 g/mol. The van der Waals surface area contributed by atoms with E-state index in [1.165, 1.54) is 13.8 Å². The van der Waals surface area contributed by atoms with Crippen LogP contribution in [0.4, 0.5) is 0 Å². The predicted molar refractivity (Wildman–Crippen MR) is 125 cm³/mol. The van der Waals surface area contributed by atoms with E-state index in [1.54, 1.807) is 12.1 Å². The molecule has 2 nitrogen and oxygen atoms in total. The second kappa shape index (κ2) is 2160. The molecule has 0 saturated heterocycles. The molecule has 0 saturated carbocycles. The molecular formula is C22H60N2Os3. The first-order chi connectivity index (χ1) is 11.8. The minimum atomic E-state index is 0. The summed E-state index contributed by atoms with van der Waals surface area (Å²) in [7, 11) is 0. The number of rotatable bonds is 0. The van der Waals surface area contributed by atoms with E-state index in [4.69, 9.17) is 10.5 Å². The first-order valence-electron chi connectivity index (χ1n) is 10.4. The smallest absolute Gasteiger partial charge is 0.0587 e. The quantitative estimate of drug-likeness (QED) is 0.243. The molecule has 0 radical (unpaired) electrons. The molecule has 0 atom stereocenters. The molecule has 0 aromatic rings. The van der Waals surface area contributed by atoms with Crippen LogP contribution < -0.4 is 0 Å². The molecule has 0 heterocycles. The predicted octanol–water partition coefficient (Wildman–Crippen LogP) is 10.3. The van der Waals surface area contributed by atoms with Crippen molar-refractivity contribution in [1.82, 2.24) is 0 Å². The van der Waals surface area contributed by atoms with Crippen LogP contribution in [0.5, 0.6) is 0 Å². The first-order valence-corrected chi connectivity index (χ1v) is 10.4. The van der Waals surface area contributed by atoms with Crippen LogP contribution >= 0.6 is 0 Å². The molecule has 0 aliphatic heterocycles. The molecule has 27 heavy (non-hydrogen) atoms. The second-order valence-electron chi connectivity index (χ2n) is 0.447. The number of hydrogen-bond donors (Lipinski definition) is 0. The Labute approximate surface area is 219 Å². The van der Waals surface area contributed by atoms with E-state index in [2.05, 4.69) is 0 Å². The summed E-state index contributed by atoms with van der Waals surface area (Å²) in [6.07, 6.45) is 0. The van der Waals surface area contributed by atoms with Crippen molar-refractivity contribution in [2.24, 2.45) is 0 Å². The van der Waals surface area contributed by atoms with Crippen LogP contribution in [-0.2, 0) is 59.4 Å². The molecule has 0 fully saturated rings. The standard InChI is InChI=1S/2C2H3N.9C2H6.3Os/c2*1-2-3;9*1-2;;;/h2*1H3;9*1-2H3;;;. The van der Waals surface area contributed by atoms with Crippen molar-refractivity contribution in [3.8, 4) is 12.1 Å². The maximum Gasteiger partial charge on any atom is 0.0587 e. The Kier molecular flexibility index (Phi) is 8360. The largest absolute Gasteiger partial charge is 0.199 e.